The first-order valence-corrected chi connectivity index (χ1v) is 10.7. The van der Waals surface area contributed by atoms with Crippen molar-refractivity contribution in [1.82, 2.24) is 19.7 Å². The van der Waals surface area contributed by atoms with Crippen LogP contribution in [0.5, 0.6) is 5.75 Å². The first-order valence-electron chi connectivity index (χ1n) is 9.88. The number of carbonyl (C=O) groups excluding carboxylic acids is 1. The SMILES string of the molecule is CCN(CC)CCN(C(=O)c1cc(C)n(C)n1)c1nc2c(OC)ccc(C)c2s1.Cl. The molecule has 0 spiro atoms. The summed E-state index contributed by atoms with van der Waals surface area (Å²) in [5, 5.41) is 5.07. The molecule has 0 aliphatic heterocycles. The third-order valence-electron chi connectivity index (χ3n) is 5.26. The topological polar surface area (TPSA) is 63.5 Å². The van der Waals surface area contributed by atoms with Crippen LogP contribution in [0.25, 0.3) is 10.2 Å². The first kappa shape index (κ1) is 24.1. The van der Waals surface area contributed by atoms with E-state index in [1.807, 2.05) is 39.1 Å². The summed E-state index contributed by atoms with van der Waals surface area (Å²) in [7, 11) is 3.49. The number of ether oxygens (including phenoxy) is 1. The number of hydrogen-bond acceptors (Lipinski definition) is 6. The van der Waals surface area contributed by atoms with Crippen molar-refractivity contribution in [3.8, 4) is 5.75 Å². The number of carbonyl (C=O) groups is 1. The molecule has 9 heteroatoms. The van der Waals surface area contributed by atoms with E-state index in [2.05, 4.69) is 23.8 Å². The molecule has 2 heterocycles. The minimum atomic E-state index is -0.128. The van der Waals surface area contributed by atoms with Gasteiger partial charge >= 0.3 is 0 Å². The number of rotatable bonds is 8. The van der Waals surface area contributed by atoms with Crippen molar-refractivity contribution >= 4 is 45.0 Å². The van der Waals surface area contributed by atoms with E-state index >= 15 is 0 Å². The van der Waals surface area contributed by atoms with E-state index in [-0.39, 0.29) is 18.3 Å². The fraction of sp³-hybridized carbons (Fsp3) is 0.476. The number of likely N-dealkylation sites (N-methyl/N-ethyl adjacent to an activating group) is 1. The number of fused-ring (bicyclic) bond motifs is 1. The van der Waals surface area contributed by atoms with Crippen LogP contribution >= 0.6 is 23.7 Å². The van der Waals surface area contributed by atoms with Crippen molar-refractivity contribution in [3.63, 3.8) is 0 Å². The van der Waals surface area contributed by atoms with Gasteiger partial charge in [-0.05, 0) is 44.6 Å². The van der Waals surface area contributed by atoms with Crippen molar-refractivity contribution in [2.45, 2.75) is 27.7 Å². The fourth-order valence-corrected chi connectivity index (χ4v) is 4.32. The summed E-state index contributed by atoms with van der Waals surface area (Å²) in [6.45, 7) is 11.5. The number of anilines is 1. The Kier molecular flexibility index (Phi) is 8.23. The zero-order valence-electron chi connectivity index (χ0n) is 18.4. The van der Waals surface area contributed by atoms with Gasteiger partial charge in [0.1, 0.15) is 11.3 Å². The summed E-state index contributed by atoms with van der Waals surface area (Å²) in [5.41, 5.74) is 3.30. The summed E-state index contributed by atoms with van der Waals surface area (Å²) in [6.07, 6.45) is 0. The van der Waals surface area contributed by atoms with Crippen LogP contribution in [0.1, 0.15) is 35.6 Å². The van der Waals surface area contributed by atoms with E-state index in [0.29, 0.717) is 17.4 Å². The molecule has 0 atom stereocenters. The molecular formula is C21H30ClN5O2S. The minimum absolute atomic E-state index is 0. The molecule has 0 bridgehead atoms. The number of benzene rings is 1. The zero-order valence-corrected chi connectivity index (χ0v) is 20.1. The van der Waals surface area contributed by atoms with Gasteiger partial charge < -0.3 is 9.64 Å². The predicted molar refractivity (Wildman–Crippen MR) is 126 cm³/mol. The van der Waals surface area contributed by atoms with Crippen LogP contribution in [0.4, 0.5) is 5.13 Å². The van der Waals surface area contributed by atoms with Gasteiger partial charge in [-0.15, -0.1) is 12.4 Å². The molecule has 1 aromatic carbocycles. The standard InChI is InChI=1S/C21H29N5O2S.ClH/c1-7-25(8-2)11-12-26(20(27)16-13-15(4)24(5)23-16)21-22-18-17(28-6)10-9-14(3)19(18)29-21;/h9-10,13H,7-8,11-12H2,1-6H3;1H. The Balaban J connectivity index is 0.00000320. The molecule has 0 aliphatic carbocycles. The van der Waals surface area contributed by atoms with Crippen LogP contribution in [0.2, 0.25) is 0 Å². The normalized spacial score (nSPS) is 11.0. The molecule has 0 unspecified atom stereocenters. The molecule has 2 aromatic heterocycles. The molecule has 3 aromatic rings. The van der Waals surface area contributed by atoms with Gasteiger partial charge in [0.05, 0.1) is 11.8 Å². The second-order valence-corrected chi connectivity index (χ2v) is 8.01. The number of methoxy groups -OCH3 is 1. The van der Waals surface area contributed by atoms with Crippen LogP contribution in [0.3, 0.4) is 0 Å². The van der Waals surface area contributed by atoms with Crippen LogP contribution in [-0.2, 0) is 7.05 Å². The number of aromatic nitrogens is 3. The maximum absolute atomic E-state index is 13.4. The van der Waals surface area contributed by atoms with Crippen LogP contribution in [0, 0.1) is 13.8 Å². The maximum Gasteiger partial charge on any atom is 0.280 e. The lowest BCUT2D eigenvalue weighted by molar-refractivity contribution is 0.0978. The van der Waals surface area contributed by atoms with E-state index in [9.17, 15) is 4.79 Å². The van der Waals surface area contributed by atoms with Crippen LogP contribution in [-0.4, -0.2) is 58.9 Å². The second kappa shape index (κ2) is 10.2. The number of thiazole rings is 1. The quantitative estimate of drug-likeness (QED) is 0.516. The van der Waals surface area contributed by atoms with Gasteiger partial charge in [-0.2, -0.15) is 5.10 Å². The van der Waals surface area contributed by atoms with Crippen molar-refractivity contribution in [2.75, 3.05) is 38.2 Å². The Bertz CT molecular complexity index is 993. The van der Waals surface area contributed by atoms with Crippen LogP contribution in [0.15, 0.2) is 18.2 Å². The number of aryl methyl sites for hydroxylation is 3. The molecule has 0 fully saturated rings. The van der Waals surface area contributed by atoms with Crippen molar-refractivity contribution in [1.29, 1.82) is 0 Å². The predicted octanol–water partition coefficient (Wildman–Crippen LogP) is 4.07. The first-order chi connectivity index (χ1) is 13.9. The van der Waals surface area contributed by atoms with E-state index in [4.69, 9.17) is 9.72 Å². The average Bonchev–Trinajstić information content (AvgIpc) is 3.30. The Hall–Kier alpha value is -2.16. The van der Waals surface area contributed by atoms with Gasteiger partial charge in [-0.25, -0.2) is 4.98 Å². The van der Waals surface area contributed by atoms with E-state index in [1.54, 1.807) is 16.7 Å². The third-order valence-corrected chi connectivity index (χ3v) is 6.47. The average molecular weight is 452 g/mol. The van der Waals surface area contributed by atoms with Gasteiger partial charge in [0.25, 0.3) is 5.91 Å². The number of halogens is 1. The molecule has 0 saturated heterocycles. The zero-order chi connectivity index (χ0) is 21.1. The van der Waals surface area contributed by atoms with E-state index < -0.39 is 0 Å². The Labute approximate surface area is 188 Å². The lowest BCUT2D eigenvalue weighted by atomic mass is 10.2. The van der Waals surface area contributed by atoms with Crippen molar-refractivity contribution in [2.24, 2.45) is 7.05 Å². The Morgan fingerprint density at radius 3 is 2.47 bits per heavy atom. The highest BCUT2D eigenvalue weighted by Crippen LogP contribution is 2.36. The third kappa shape index (κ3) is 4.77. The van der Waals surface area contributed by atoms with Gasteiger partial charge in [0.2, 0.25) is 0 Å². The smallest absolute Gasteiger partial charge is 0.280 e. The lowest BCUT2D eigenvalue weighted by Crippen LogP contribution is -2.39. The molecular weight excluding hydrogens is 422 g/mol. The highest BCUT2D eigenvalue weighted by atomic mass is 35.5. The van der Waals surface area contributed by atoms with E-state index in [1.165, 1.54) is 11.3 Å². The lowest BCUT2D eigenvalue weighted by Gasteiger charge is -2.24. The maximum atomic E-state index is 13.4. The molecule has 30 heavy (non-hydrogen) atoms. The summed E-state index contributed by atoms with van der Waals surface area (Å²) in [4.78, 5) is 22.2. The van der Waals surface area contributed by atoms with Gasteiger partial charge in [0.15, 0.2) is 10.8 Å². The monoisotopic (exact) mass is 451 g/mol. The summed E-state index contributed by atoms with van der Waals surface area (Å²) in [6, 6.07) is 5.77. The van der Waals surface area contributed by atoms with Gasteiger partial charge in [-0.1, -0.05) is 31.3 Å². The van der Waals surface area contributed by atoms with Crippen LogP contribution < -0.4 is 9.64 Å². The molecule has 1 amide bonds. The number of nitrogens with zero attached hydrogens (tertiary/aromatic N) is 5. The van der Waals surface area contributed by atoms with Crippen molar-refractivity contribution in [3.05, 3.63) is 35.2 Å². The molecule has 0 saturated carbocycles. The van der Waals surface area contributed by atoms with Gasteiger partial charge in [-0.3, -0.25) is 14.4 Å². The summed E-state index contributed by atoms with van der Waals surface area (Å²) >= 11 is 1.52. The highest BCUT2D eigenvalue weighted by Gasteiger charge is 2.25. The van der Waals surface area contributed by atoms with Gasteiger partial charge in [0, 0.05) is 25.8 Å². The largest absolute Gasteiger partial charge is 0.494 e. The molecule has 0 N–H and O–H groups in total. The molecule has 0 aliphatic rings. The summed E-state index contributed by atoms with van der Waals surface area (Å²) < 4.78 is 8.25. The second-order valence-electron chi connectivity index (χ2n) is 7.04. The Morgan fingerprint density at radius 1 is 1.20 bits per heavy atom. The number of amides is 1. The fourth-order valence-electron chi connectivity index (χ4n) is 3.25. The minimum Gasteiger partial charge on any atom is -0.494 e. The number of hydrogen-bond donors (Lipinski definition) is 0. The molecule has 164 valence electrons. The molecule has 7 nitrogen and oxygen atoms in total. The highest BCUT2D eigenvalue weighted by molar-refractivity contribution is 7.22. The summed E-state index contributed by atoms with van der Waals surface area (Å²) in [5.74, 6) is 0.592. The molecule has 0 radical (unpaired) electrons. The molecule has 3 rings (SSSR count). The van der Waals surface area contributed by atoms with Crippen molar-refractivity contribution < 1.29 is 9.53 Å². The van der Waals surface area contributed by atoms with E-state index in [0.717, 1.165) is 46.9 Å². The Morgan fingerprint density at radius 2 is 1.90 bits per heavy atom.